The van der Waals surface area contributed by atoms with E-state index in [0.29, 0.717) is 12.1 Å². The van der Waals surface area contributed by atoms with Crippen molar-refractivity contribution in [1.29, 1.82) is 0 Å². The van der Waals surface area contributed by atoms with Gasteiger partial charge in [0.2, 0.25) is 15.9 Å². The lowest BCUT2D eigenvalue weighted by Gasteiger charge is -2.21. The fourth-order valence-electron chi connectivity index (χ4n) is 3.58. The first kappa shape index (κ1) is 25.5. The van der Waals surface area contributed by atoms with E-state index in [2.05, 4.69) is 20.2 Å². The van der Waals surface area contributed by atoms with Crippen LogP contribution in [-0.4, -0.2) is 35.7 Å². The second kappa shape index (κ2) is 12.9. The second-order valence-electron chi connectivity index (χ2n) is 8.13. The Labute approximate surface area is 201 Å². The Kier molecular flexibility index (Phi) is 9.69. The minimum Gasteiger partial charge on any atom is -0.326 e. The van der Waals surface area contributed by atoms with E-state index in [1.54, 1.807) is 0 Å². The molecule has 1 amide bonds. The molecule has 0 bridgehead atoms. The van der Waals surface area contributed by atoms with Gasteiger partial charge in [-0.05, 0) is 67.9 Å². The number of hydrogen-bond donors (Lipinski definition) is 2. The molecule has 8 nitrogen and oxygen atoms in total. The van der Waals surface area contributed by atoms with E-state index < -0.39 is 10.0 Å². The highest BCUT2D eigenvalue weighted by molar-refractivity contribution is 7.89. The first-order chi connectivity index (χ1) is 16.4. The highest BCUT2D eigenvalue weighted by Gasteiger charge is 2.10. The summed E-state index contributed by atoms with van der Waals surface area (Å²) in [6, 6.07) is 17.7. The van der Waals surface area contributed by atoms with Crippen LogP contribution in [0.5, 0.6) is 0 Å². The maximum Gasteiger partial charge on any atom is 0.238 e. The fraction of sp³-hybridized carbons (Fsp3) is 0.320. The van der Waals surface area contributed by atoms with Gasteiger partial charge in [0.15, 0.2) is 0 Å². The van der Waals surface area contributed by atoms with E-state index >= 15 is 0 Å². The molecule has 180 valence electrons. The standard InChI is InChI=1S/C25H31N5O3S/c26-34(32,33)24-14-12-21(13-15-24)29-25(31)11-3-1-2-8-18-30(19-22-9-4-6-16-27-22)20-23-10-5-7-17-28-23/h4-7,9-10,12-17H,1-3,8,11,18-20H2,(H,29,31)(H2,26,32,33). The minimum atomic E-state index is -3.74. The highest BCUT2D eigenvalue weighted by atomic mass is 32.2. The molecule has 34 heavy (non-hydrogen) atoms. The largest absolute Gasteiger partial charge is 0.326 e. The zero-order valence-electron chi connectivity index (χ0n) is 19.1. The molecule has 0 saturated carbocycles. The van der Waals surface area contributed by atoms with Crippen molar-refractivity contribution < 1.29 is 13.2 Å². The van der Waals surface area contributed by atoms with Crippen LogP contribution >= 0.6 is 0 Å². The number of nitrogens with zero attached hydrogens (tertiary/aromatic N) is 3. The third-order valence-electron chi connectivity index (χ3n) is 5.32. The van der Waals surface area contributed by atoms with Crippen LogP contribution in [0.15, 0.2) is 78.0 Å². The van der Waals surface area contributed by atoms with Gasteiger partial charge in [-0.15, -0.1) is 0 Å². The normalized spacial score (nSPS) is 11.5. The molecule has 0 atom stereocenters. The quantitative estimate of drug-likeness (QED) is 0.359. The second-order valence-corrected chi connectivity index (χ2v) is 9.70. The first-order valence-electron chi connectivity index (χ1n) is 11.3. The summed E-state index contributed by atoms with van der Waals surface area (Å²) in [6.45, 7) is 2.46. The number of primary sulfonamides is 1. The van der Waals surface area contributed by atoms with Crippen molar-refractivity contribution >= 4 is 21.6 Å². The van der Waals surface area contributed by atoms with E-state index in [9.17, 15) is 13.2 Å². The van der Waals surface area contributed by atoms with E-state index in [1.165, 1.54) is 24.3 Å². The number of sulfonamides is 1. The van der Waals surface area contributed by atoms with Crippen LogP contribution in [0.2, 0.25) is 0 Å². The third kappa shape index (κ3) is 9.01. The summed E-state index contributed by atoms with van der Waals surface area (Å²) < 4.78 is 22.6. The number of rotatable bonds is 13. The predicted molar refractivity (Wildman–Crippen MR) is 132 cm³/mol. The maximum atomic E-state index is 12.2. The molecule has 3 rings (SSSR count). The number of carbonyl (C=O) groups excluding carboxylic acids is 1. The van der Waals surface area contributed by atoms with Gasteiger partial charge in [-0.3, -0.25) is 19.7 Å². The lowest BCUT2D eigenvalue weighted by molar-refractivity contribution is -0.116. The SMILES string of the molecule is NS(=O)(=O)c1ccc(NC(=O)CCCCCCN(Cc2ccccn2)Cc2ccccn2)cc1. The molecule has 3 N–H and O–H groups in total. The maximum absolute atomic E-state index is 12.2. The Bertz CT molecular complexity index is 1080. The number of benzene rings is 1. The summed E-state index contributed by atoms with van der Waals surface area (Å²) in [5.74, 6) is -0.0877. The zero-order chi connectivity index (χ0) is 24.2. The molecule has 2 aromatic heterocycles. The lowest BCUT2D eigenvalue weighted by Crippen LogP contribution is -2.25. The monoisotopic (exact) mass is 481 g/mol. The van der Waals surface area contributed by atoms with E-state index in [4.69, 9.17) is 5.14 Å². The van der Waals surface area contributed by atoms with Crippen LogP contribution in [-0.2, 0) is 27.9 Å². The molecular formula is C25H31N5O3S. The van der Waals surface area contributed by atoms with Gasteiger partial charge in [-0.25, -0.2) is 13.6 Å². The smallest absolute Gasteiger partial charge is 0.238 e. The molecular weight excluding hydrogens is 450 g/mol. The molecule has 3 aromatic rings. The van der Waals surface area contributed by atoms with Crippen LogP contribution in [0.4, 0.5) is 5.69 Å². The van der Waals surface area contributed by atoms with Crippen molar-refractivity contribution in [2.75, 3.05) is 11.9 Å². The van der Waals surface area contributed by atoms with Gasteiger partial charge in [-0.2, -0.15) is 0 Å². The number of unbranched alkanes of at least 4 members (excludes halogenated alkanes) is 3. The van der Waals surface area contributed by atoms with Gasteiger partial charge >= 0.3 is 0 Å². The van der Waals surface area contributed by atoms with Crippen molar-refractivity contribution in [3.8, 4) is 0 Å². The van der Waals surface area contributed by atoms with Gasteiger partial charge < -0.3 is 5.32 Å². The first-order valence-corrected chi connectivity index (χ1v) is 12.9. The van der Waals surface area contributed by atoms with Gasteiger partial charge in [0, 0.05) is 37.6 Å². The Morgan fingerprint density at radius 1 is 0.824 bits per heavy atom. The van der Waals surface area contributed by atoms with E-state index in [-0.39, 0.29) is 10.8 Å². The number of aromatic nitrogens is 2. The van der Waals surface area contributed by atoms with Crippen LogP contribution in [0.25, 0.3) is 0 Å². The van der Waals surface area contributed by atoms with Gasteiger partial charge in [-0.1, -0.05) is 25.0 Å². The number of nitrogens with two attached hydrogens (primary N) is 1. The van der Waals surface area contributed by atoms with Crippen LogP contribution in [0.3, 0.4) is 0 Å². The summed E-state index contributed by atoms with van der Waals surface area (Å²) in [4.78, 5) is 23.4. The molecule has 1 aromatic carbocycles. The molecule has 0 saturated heterocycles. The van der Waals surface area contributed by atoms with Crippen molar-refractivity contribution in [3.05, 3.63) is 84.4 Å². The number of amides is 1. The summed E-state index contributed by atoms with van der Waals surface area (Å²) >= 11 is 0. The summed E-state index contributed by atoms with van der Waals surface area (Å²) in [6.07, 6.45) is 7.85. The molecule has 0 radical (unpaired) electrons. The Balaban J connectivity index is 1.38. The molecule has 0 spiro atoms. The highest BCUT2D eigenvalue weighted by Crippen LogP contribution is 2.14. The zero-order valence-corrected chi connectivity index (χ0v) is 20.0. The average Bonchev–Trinajstić information content (AvgIpc) is 2.82. The molecule has 0 aliphatic carbocycles. The third-order valence-corrected chi connectivity index (χ3v) is 6.25. The van der Waals surface area contributed by atoms with Crippen molar-refractivity contribution in [2.24, 2.45) is 5.14 Å². The van der Waals surface area contributed by atoms with Crippen molar-refractivity contribution in [2.45, 2.75) is 50.1 Å². The number of carbonyl (C=O) groups is 1. The fourth-order valence-corrected chi connectivity index (χ4v) is 4.10. The van der Waals surface area contributed by atoms with Gasteiger partial charge in [0.1, 0.15) is 0 Å². The average molecular weight is 482 g/mol. The van der Waals surface area contributed by atoms with Gasteiger partial charge in [0.25, 0.3) is 0 Å². The van der Waals surface area contributed by atoms with Crippen molar-refractivity contribution in [1.82, 2.24) is 14.9 Å². The minimum absolute atomic E-state index is 0.0191. The Morgan fingerprint density at radius 2 is 1.41 bits per heavy atom. The molecule has 0 aliphatic rings. The lowest BCUT2D eigenvalue weighted by atomic mass is 10.1. The Morgan fingerprint density at radius 3 is 1.94 bits per heavy atom. The summed E-state index contributed by atoms with van der Waals surface area (Å²) in [7, 11) is -3.74. The molecule has 9 heteroatoms. The number of nitrogens with one attached hydrogen (secondary N) is 1. The topological polar surface area (TPSA) is 118 Å². The summed E-state index contributed by atoms with van der Waals surface area (Å²) in [5.41, 5.74) is 2.62. The molecule has 2 heterocycles. The molecule has 0 unspecified atom stereocenters. The summed E-state index contributed by atoms with van der Waals surface area (Å²) in [5, 5.41) is 7.87. The Hall–Kier alpha value is -3.14. The van der Waals surface area contributed by atoms with Crippen LogP contribution in [0.1, 0.15) is 43.5 Å². The molecule has 0 aliphatic heterocycles. The van der Waals surface area contributed by atoms with Crippen molar-refractivity contribution in [3.63, 3.8) is 0 Å². The predicted octanol–water partition coefficient (Wildman–Crippen LogP) is 3.72. The van der Waals surface area contributed by atoms with E-state index in [1.807, 2.05) is 48.8 Å². The van der Waals surface area contributed by atoms with Crippen LogP contribution in [0, 0.1) is 0 Å². The number of anilines is 1. The van der Waals surface area contributed by atoms with E-state index in [0.717, 1.165) is 56.7 Å². The number of pyridine rings is 2. The van der Waals surface area contributed by atoms with Gasteiger partial charge in [0.05, 0.1) is 16.3 Å². The number of hydrogen-bond acceptors (Lipinski definition) is 6. The van der Waals surface area contributed by atoms with Crippen LogP contribution < -0.4 is 10.5 Å². The molecule has 0 fully saturated rings.